The van der Waals surface area contributed by atoms with Gasteiger partial charge in [0, 0.05) is 6.20 Å². The Labute approximate surface area is 81.8 Å². The maximum Gasteiger partial charge on any atom is 0.171 e. The van der Waals surface area contributed by atoms with E-state index in [2.05, 4.69) is 16.2 Å². The van der Waals surface area contributed by atoms with Crippen LogP contribution in [0.15, 0.2) is 24.4 Å². The van der Waals surface area contributed by atoms with Crippen molar-refractivity contribution in [3.05, 3.63) is 30.2 Å². The fourth-order valence-corrected chi connectivity index (χ4v) is 1.15. The fraction of sp³-hybridized carbons (Fsp3) is 0.300. The molecule has 0 aliphatic heterocycles. The quantitative estimate of drug-likeness (QED) is 0.678. The first-order valence-electron chi connectivity index (χ1n) is 4.36. The van der Waals surface area contributed by atoms with Crippen LogP contribution in [-0.2, 0) is 5.41 Å². The van der Waals surface area contributed by atoms with E-state index in [0.29, 0.717) is 5.82 Å². The van der Waals surface area contributed by atoms with E-state index in [1.54, 1.807) is 4.52 Å². The van der Waals surface area contributed by atoms with Crippen LogP contribution in [0, 0.1) is 11.3 Å². The summed E-state index contributed by atoms with van der Waals surface area (Å²) in [6.45, 7) is 3.61. The molecule has 0 saturated heterocycles. The molecule has 0 amide bonds. The molecule has 2 rings (SSSR count). The van der Waals surface area contributed by atoms with E-state index in [-0.39, 0.29) is 0 Å². The van der Waals surface area contributed by atoms with Crippen molar-refractivity contribution in [2.24, 2.45) is 0 Å². The van der Waals surface area contributed by atoms with Crippen LogP contribution in [0.25, 0.3) is 5.65 Å². The van der Waals surface area contributed by atoms with Crippen molar-refractivity contribution < 1.29 is 0 Å². The standard InChI is InChI=1S/C10H10N4/c1-10(2,7-11)9-12-8-5-3-4-6-14(8)13-9/h3-6H,1-2H3. The predicted molar refractivity (Wildman–Crippen MR) is 51.6 cm³/mol. The molecular weight excluding hydrogens is 176 g/mol. The smallest absolute Gasteiger partial charge is 0.171 e. The van der Waals surface area contributed by atoms with Crippen LogP contribution < -0.4 is 0 Å². The summed E-state index contributed by atoms with van der Waals surface area (Å²) < 4.78 is 1.68. The number of hydrogen-bond donors (Lipinski definition) is 0. The molecule has 0 N–H and O–H groups in total. The summed E-state index contributed by atoms with van der Waals surface area (Å²) in [4.78, 5) is 4.28. The van der Waals surface area contributed by atoms with Crippen LogP contribution in [0.5, 0.6) is 0 Å². The number of nitrogens with zero attached hydrogens (tertiary/aromatic N) is 4. The Morgan fingerprint density at radius 1 is 1.43 bits per heavy atom. The highest BCUT2D eigenvalue weighted by molar-refractivity contribution is 5.38. The zero-order valence-corrected chi connectivity index (χ0v) is 8.10. The fourth-order valence-electron chi connectivity index (χ4n) is 1.15. The molecule has 0 unspecified atom stereocenters. The highest BCUT2D eigenvalue weighted by Crippen LogP contribution is 2.18. The molecule has 2 aromatic rings. The van der Waals surface area contributed by atoms with Crippen molar-refractivity contribution in [1.82, 2.24) is 14.6 Å². The third-order valence-electron chi connectivity index (χ3n) is 2.08. The van der Waals surface area contributed by atoms with Crippen molar-refractivity contribution in [3.8, 4) is 6.07 Å². The molecule has 70 valence electrons. The minimum Gasteiger partial charge on any atom is -0.221 e. The molecule has 0 radical (unpaired) electrons. The van der Waals surface area contributed by atoms with Gasteiger partial charge in [-0.25, -0.2) is 9.50 Å². The van der Waals surface area contributed by atoms with Crippen LogP contribution in [0.3, 0.4) is 0 Å². The van der Waals surface area contributed by atoms with Gasteiger partial charge < -0.3 is 0 Å². The largest absolute Gasteiger partial charge is 0.221 e. The van der Waals surface area contributed by atoms with E-state index in [9.17, 15) is 0 Å². The zero-order valence-electron chi connectivity index (χ0n) is 8.10. The van der Waals surface area contributed by atoms with Gasteiger partial charge in [-0.05, 0) is 26.0 Å². The summed E-state index contributed by atoms with van der Waals surface area (Å²) in [5.41, 5.74) is 0.136. The molecule has 0 aliphatic carbocycles. The summed E-state index contributed by atoms with van der Waals surface area (Å²) in [7, 11) is 0. The number of hydrogen-bond acceptors (Lipinski definition) is 3. The number of rotatable bonds is 1. The SMILES string of the molecule is CC(C)(C#N)c1nc2ccccn2n1. The van der Waals surface area contributed by atoms with Gasteiger partial charge in [0.1, 0.15) is 5.41 Å². The zero-order chi connectivity index (χ0) is 10.2. The first-order chi connectivity index (χ1) is 6.63. The maximum atomic E-state index is 8.93. The number of fused-ring (bicyclic) bond motifs is 1. The first-order valence-corrected chi connectivity index (χ1v) is 4.36. The molecule has 4 heteroatoms. The van der Waals surface area contributed by atoms with Gasteiger partial charge in [0.15, 0.2) is 11.5 Å². The highest BCUT2D eigenvalue weighted by atomic mass is 15.3. The summed E-state index contributed by atoms with van der Waals surface area (Å²) in [6.07, 6.45) is 1.82. The Hall–Kier alpha value is -1.89. The second-order valence-corrected chi connectivity index (χ2v) is 3.68. The van der Waals surface area contributed by atoms with Gasteiger partial charge in [-0.1, -0.05) is 6.07 Å². The molecule has 0 aromatic carbocycles. The molecule has 2 aromatic heterocycles. The van der Waals surface area contributed by atoms with Gasteiger partial charge in [0.05, 0.1) is 6.07 Å². The number of nitriles is 1. The monoisotopic (exact) mass is 186 g/mol. The van der Waals surface area contributed by atoms with E-state index < -0.39 is 5.41 Å². The van der Waals surface area contributed by atoms with E-state index in [1.165, 1.54) is 0 Å². The lowest BCUT2D eigenvalue weighted by Crippen LogP contribution is -2.16. The van der Waals surface area contributed by atoms with Crippen LogP contribution in [0.2, 0.25) is 0 Å². The van der Waals surface area contributed by atoms with Gasteiger partial charge in [0.2, 0.25) is 0 Å². The normalized spacial score (nSPS) is 11.5. The first kappa shape index (κ1) is 8.70. The Morgan fingerprint density at radius 3 is 2.86 bits per heavy atom. The lowest BCUT2D eigenvalue weighted by Gasteiger charge is -2.07. The van der Waals surface area contributed by atoms with Crippen LogP contribution >= 0.6 is 0 Å². The number of aromatic nitrogens is 3. The molecular formula is C10H10N4. The van der Waals surface area contributed by atoms with Gasteiger partial charge >= 0.3 is 0 Å². The summed E-state index contributed by atoms with van der Waals surface area (Å²) in [5, 5.41) is 13.2. The third kappa shape index (κ3) is 1.23. The van der Waals surface area contributed by atoms with Gasteiger partial charge in [-0.3, -0.25) is 0 Å². The lowest BCUT2D eigenvalue weighted by atomic mass is 9.95. The Balaban J connectivity index is 2.62. The van der Waals surface area contributed by atoms with Crippen molar-refractivity contribution in [2.45, 2.75) is 19.3 Å². The lowest BCUT2D eigenvalue weighted by molar-refractivity contribution is 0.628. The predicted octanol–water partition coefficient (Wildman–Crippen LogP) is 1.53. The second-order valence-electron chi connectivity index (χ2n) is 3.68. The van der Waals surface area contributed by atoms with Crippen molar-refractivity contribution >= 4 is 5.65 Å². The molecule has 14 heavy (non-hydrogen) atoms. The van der Waals surface area contributed by atoms with Crippen LogP contribution in [0.4, 0.5) is 0 Å². The average molecular weight is 186 g/mol. The van der Waals surface area contributed by atoms with E-state index in [0.717, 1.165) is 5.65 Å². The van der Waals surface area contributed by atoms with Gasteiger partial charge in [-0.15, -0.1) is 5.10 Å². The van der Waals surface area contributed by atoms with Crippen LogP contribution in [-0.4, -0.2) is 14.6 Å². The van der Waals surface area contributed by atoms with Crippen molar-refractivity contribution in [1.29, 1.82) is 5.26 Å². The molecule has 0 spiro atoms. The maximum absolute atomic E-state index is 8.93. The Kier molecular flexibility index (Phi) is 1.74. The summed E-state index contributed by atoms with van der Waals surface area (Å²) in [5.74, 6) is 0.561. The molecule has 0 atom stereocenters. The Bertz CT molecular complexity index is 471. The summed E-state index contributed by atoms with van der Waals surface area (Å²) >= 11 is 0. The minimum atomic E-state index is -0.633. The van der Waals surface area contributed by atoms with E-state index in [1.807, 2.05) is 38.2 Å². The molecule has 0 bridgehead atoms. The Morgan fingerprint density at radius 2 is 2.21 bits per heavy atom. The average Bonchev–Trinajstić information content (AvgIpc) is 2.61. The van der Waals surface area contributed by atoms with Crippen molar-refractivity contribution in [3.63, 3.8) is 0 Å². The van der Waals surface area contributed by atoms with Crippen LogP contribution in [0.1, 0.15) is 19.7 Å². The minimum absolute atomic E-state index is 0.561. The molecule has 2 heterocycles. The topological polar surface area (TPSA) is 54.0 Å². The molecule has 4 nitrogen and oxygen atoms in total. The summed E-state index contributed by atoms with van der Waals surface area (Å²) in [6, 6.07) is 7.82. The van der Waals surface area contributed by atoms with E-state index >= 15 is 0 Å². The van der Waals surface area contributed by atoms with E-state index in [4.69, 9.17) is 5.26 Å². The number of pyridine rings is 1. The second kappa shape index (κ2) is 2.81. The third-order valence-corrected chi connectivity index (χ3v) is 2.08. The highest BCUT2D eigenvalue weighted by Gasteiger charge is 2.24. The van der Waals surface area contributed by atoms with Crippen molar-refractivity contribution in [2.75, 3.05) is 0 Å². The molecule has 0 aliphatic rings. The van der Waals surface area contributed by atoms with Gasteiger partial charge in [-0.2, -0.15) is 5.26 Å². The molecule has 0 fully saturated rings. The molecule has 0 saturated carbocycles. The van der Waals surface area contributed by atoms with Gasteiger partial charge in [0.25, 0.3) is 0 Å².